The molecular weight excluding hydrogens is 504 g/mol. The first-order valence-electron chi connectivity index (χ1n) is 11.1. The van der Waals surface area contributed by atoms with Crippen LogP contribution in [0.15, 0.2) is 59.8 Å². The van der Waals surface area contributed by atoms with Gasteiger partial charge < -0.3 is 15.0 Å². The van der Waals surface area contributed by atoms with E-state index in [4.69, 9.17) is 4.74 Å². The number of nitro groups is 1. The van der Waals surface area contributed by atoms with Crippen LogP contribution in [0.5, 0.6) is 5.75 Å². The maximum absolute atomic E-state index is 13.8. The summed E-state index contributed by atoms with van der Waals surface area (Å²) in [5.41, 5.74) is 1.58. The number of hydrogen-bond acceptors (Lipinski definition) is 10. The lowest BCUT2D eigenvalue weighted by Crippen LogP contribution is -2.40. The Morgan fingerprint density at radius 2 is 1.92 bits per heavy atom. The van der Waals surface area contributed by atoms with Crippen molar-refractivity contribution in [3.8, 4) is 5.75 Å². The first-order valence-corrected chi connectivity index (χ1v) is 13.6. The lowest BCUT2D eigenvalue weighted by Gasteiger charge is -2.29. The molecule has 0 aliphatic carbocycles. The lowest BCUT2D eigenvalue weighted by atomic mass is 10.2. The highest BCUT2D eigenvalue weighted by Gasteiger charge is 2.47. The maximum atomic E-state index is 13.8. The molecule has 5 rings (SSSR count). The second kappa shape index (κ2) is 9.56. The molecule has 1 fully saturated rings. The summed E-state index contributed by atoms with van der Waals surface area (Å²) >= 11 is 1.52. The Bertz CT molecular complexity index is 1390. The molecule has 36 heavy (non-hydrogen) atoms. The number of nitrogens with zero attached hydrogens (tertiary/aromatic N) is 5. The number of non-ortho nitro benzene ring substituents is 1. The van der Waals surface area contributed by atoms with Gasteiger partial charge in [-0.1, -0.05) is 12.1 Å². The number of ether oxygens (including phenoxy) is 1. The number of hydrogen-bond donors (Lipinski definition) is 1. The first kappa shape index (κ1) is 24.3. The Kier molecular flexibility index (Phi) is 6.45. The number of anilines is 2. The topological polar surface area (TPSA) is 131 Å². The molecule has 0 spiro atoms. The van der Waals surface area contributed by atoms with Crippen molar-refractivity contribution < 1.29 is 18.1 Å². The van der Waals surface area contributed by atoms with E-state index in [2.05, 4.69) is 15.3 Å². The highest BCUT2D eigenvalue weighted by Crippen LogP contribution is 2.50. The van der Waals surface area contributed by atoms with Crippen molar-refractivity contribution in [2.24, 2.45) is 0 Å². The Hall–Kier alpha value is -3.42. The predicted molar refractivity (Wildman–Crippen MR) is 137 cm³/mol. The quantitative estimate of drug-likeness (QED) is 0.360. The third kappa shape index (κ3) is 4.33. The second-order valence-electron chi connectivity index (χ2n) is 8.47. The molecule has 1 N–H and O–H groups in total. The lowest BCUT2D eigenvalue weighted by molar-refractivity contribution is -0.384. The number of methoxy groups -OCH3 is 1. The number of aromatic nitrogens is 2. The third-order valence-electron chi connectivity index (χ3n) is 6.22. The summed E-state index contributed by atoms with van der Waals surface area (Å²) in [5, 5.41) is 13.8. The van der Waals surface area contributed by atoms with Gasteiger partial charge in [-0.15, -0.1) is 11.8 Å². The predicted octanol–water partition coefficient (Wildman–Crippen LogP) is 3.26. The molecule has 3 aromatic rings. The number of nitrogens with one attached hydrogen (secondary N) is 1. The van der Waals surface area contributed by atoms with Gasteiger partial charge in [0.05, 0.1) is 28.5 Å². The molecule has 2 aliphatic heterocycles. The maximum Gasteiger partial charge on any atom is 0.269 e. The summed E-state index contributed by atoms with van der Waals surface area (Å²) < 4.78 is 34.3. The van der Waals surface area contributed by atoms with Crippen LogP contribution in [0.2, 0.25) is 0 Å². The van der Waals surface area contributed by atoms with E-state index in [0.717, 1.165) is 11.3 Å². The summed E-state index contributed by atoms with van der Waals surface area (Å²) in [6.07, 6.45) is 1.48. The number of sulfonamides is 1. The Morgan fingerprint density at radius 1 is 1.19 bits per heavy atom. The molecule has 11 nitrogen and oxygen atoms in total. The van der Waals surface area contributed by atoms with Gasteiger partial charge >= 0.3 is 0 Å². The molecule has 0 amide bonds. The molecule has 188 valence electrons. The Balaban J connectivity index is 1.51. The van der Waals surface area contributed by atoms with Crippen LogP contribution in [-0.4, -0.2) is 60.1 Å². The zero-order valence-corrected chi connectivity index (χ0v) is 21.2. The largest absolute Gasteiger partial charge is 0.497 e. The SMILES string of the molecule is COc1ccc(CN(C)c2ncnc3c2[C@@H]2SC[C@H](CN3)N2S(=O)(=O)c2ccc([N+](=O)[O-])cc2)cc1. The van der Waals surface area contributed by atoms with Crippen molar-refractivity contribution in [3.05, 3.63) is 76.1 Å². The van der Waals surface area contributed by atoms with Crippen LogP contribution in [0.1, 0.15) is 16.5 Å². The fourth-order valence-electron chi connectivity index (χ4n) is 4.44. The zero-order chi connectivity index (χ0) is 25.4. The minimum atomic E-state index is -3.95. The van der Waals surface area contributed by atoms with E-state index < -0.39 is 20.3 Å². The van der Waals surface area contributed by atoms with Gasteiger partial charge in [-0.05, 0) is 29.8 Å². The van der Waals surface area contributed by atoms with Gasteiger partial charge in [-0.2, -0.15) is 4.31 Å². The standard InChI is InChI=1S/C23H24N6O5S2/c1-27(12-15-3-7-18(34-2)8-4-15)22-20-21(25-14-26-22)24-11-17-13-35-23(20)28(17)36(32,33)19-9-5-16(6-10-19)29(30)31/h3-10,14,17,23H,11-13H2,1-2H3,(H,24,25,26)/t17-,23-/m0/s1. The zero-order valence-electron chi connectivity index (χ0n) is 19.6. The van der Waals surface area contributed by atoms with Crippen molar-refractivity contribution in [2.45, 2.75) is 22.9 Å². The molecule has 3 heterocycles. The molecule has 2 aliphatic rings. The van der Waals surface area contributed by atoms with Crippen LogP contribution in [0.25, 0.3) is 0 Å². The summed E-state index contributed by atoms with van der Waals surface area (Å²) in [7, 11) is -0.428. The van der Waals surface area contributed by atoms with E-state index >= 15 is 0 Å². The molecule has 2 bridgehead atoms. The number of benzene rings is 2. The van der Waals surface area contributed by atoms with Crippen molar-refractivity contribution >= 4 is 39.1 Å². The number of rotatable bonds is 7. The summed E-state index contributed by atoms with van der Waals surface area (Å²) in [6, 6.07) is 12.4. The van der Waals surface area contributed by atoms with Gasteiger partial charge in [-0.25, -0.2) is 18.4 Å². The van der Waals surface area contributed by atoms with Crippen molar-refractivity contribution in [2.75, 3.05) is 36.7 Å². The minimum absolute atomic E-state index is 0.0130. The van der Waals surface area contributed by atoms with Crippen LogP contribution in [0.3, 0.4) is 0 Å². The normalized spacial score (nSPS) is 19.2. The smallest absolute Gasteiger partial charge is 0.269 e. The van der Waals surface area contributed by atoms with Gasteiger partial charge in [0.1, 0.15) is 29.1 Å². The Morgan fingerprint density at radius 3 is 2.58 bits per heavy atom. The number of fused-ring (bicyclic) bond motifs is 4. The average Bonchev–Trinajstić information content (AvgIpc) is 3.24. The van der Waals surface area contributed by atoms with Crippen molar-refractivity contribution in [1.29, 1.82) is 0 Å². The summed E-state index contributed by atoms with van der Waals surface area (Å²) in [5.74, 6) is 2.60. The van der Waals surface area contributed by atoms with Gasteiger partial charge in [0, 0.05) is 38.0 Å². The van der Waals surface area contributed by atoms with Gasteiger partial charge in [0.25, 0.3) is 5.69 Å². The van der Waals surface area contributed by atoms with E-state index in [9.17, 15) is 18.5 Å². The van der Waals surface area contributed by atoms with E-state index in [0.29, 0.717) is 36.0 Å². The summed E-state index contributed by atoms with van der Waals surface area (Å²) in [6.45, 7) is 0.935. The number of thioether (sulfide) groups is 1. The van der Waals surface area contributed by atoms with Crippen LogP contribution >= 0.6 is 11.8 Å². The molecule has 1 aromatic heterocycles. The molecule has 2 atom stereocenters. The highest BCUT2D eigenvalue weighted by atomic mass is 32.2. The molecule has 1 saturated heterocycles. The fourth-order valence-corrected chi connectivity index (χ4v) is 8.06. The molecule has 0 unspecified atom stereocenters. The molecule has 2 aromatic carbocycles. The minimum Gasteiger partial charge on any atom is -0.497 e. The van der Waals surface area contributed by atoms with Crippen LogP contribution in [0, 0.1) is 10.1 Å². The van der Waals surface area contributed by atoms with Crippen molar-refractivity contribution in [3.63, 3.8) is 0 Å². The van der Waals surface area contributed by atoms with Crippen molar-refractivity contribution in [1.82, 2.24) is 14.3 Å². The summed E-state index contributed by atoms with van der Waals surface area (Å²) in [4.78, 5) is 21.4. The van der Waals surface area contributed by atoms with Gasteiger partial charge in [0.15, 0.2) is 0 Å². The molecular formula is C23H24N6O5S2. The average molecular weight is 529 g/mol. The van der Waals surface area contributed by atoms with E-state index in [1.165, 1.54) is 46.7 Å². The second-order valence-corrected chi connectivity index (χ2v) is 11.4. The van der Waals surface area contributed by atoms with E-state index in [1.54, 1.807) is 7.11 Å². The molecule has 0 saturated carbocycles. The van der Waals surface area contributed by atoms with Crippen LogP contribution < -0.4 is 15.0 Å². The van der Waals surface area contributed by atoms with Crippen LogP contribution in [-0.2, 0) is 16.6 Å². The fraction of sp³-hybridized carbons (Fsp3) is 0.304. The van der Waals surface area contributed by atoms with E-state index in [-0.39, 0.29) is 16.6 Å². The Labute approximate surface area is 212 Å². The highest BCUT2D eigenvalue weighted by molar-refractivity contribution is 8.01. The van der Waals surface area contributed by atoms with Gasteiger partial charge in [0.2, 0.25) is 10.0 Å². The number of nitro benzene ring substituents is 1. The first-order chi connectivity index (χ1) is 17.3. The molecule has 0 radical (unpaired) electrons. The van der Waals surface area contributed by atoms with Gasteiger partial charge in [-0.3, -0.25) is 10.1 Å². The molecule has 13 heteroatoms. The monoisotopic (exact) mass is 528 g/mol. The van der Waals surface area contributed by atoms with E-state index in [1.807, 2.05) is 36.2 Å². The third-order valence-corrected chi connectivity index (χ3v) is 9.64. The van der Waals surface area contributed by atoms with Crippen LogP contribution in [0.4, 0.5) is 17.3 Å².